The maximum absolute atomic E-state index is 12.3. The first-order valence-corrected chi connectivity index (χ1v) is 3.38. The van der Waals surface area contributed by atoms with E-state index in [1.807, 2.05) is 0 Å². The molecule has 0 saturated carbocycles. The van der Waals surface area contributed by atoms with E-state index in [1.165, 1.54) is 14.0 Å². The Labute approximate surface area is 72.6 Å². The molecular formula is C7H9F4NO. The lowest BCUT2D eigenvalue weighted by atomic mass is 10.2. The van der Waals surface area contributed by atoms with Crippen molar-refractivity contribution in [2.45, 2.75) is 19.3 Å². The van der Waals surface area contributed by atoms with Crippen LogP contribution in [0.3, 0.4) is 0 Å². The Morgan fingerprint density at radius 1 is 1.46 bits per heavy atom. The third-order valence-corrected chi connectivity index (χ3v) is 1.34. The van der Waals surface area contributed by atoms with E-state index < -0.39 is 18.1 Å². The Balaban J connectivity index is 4.61. The van der Waals surface area contributed by atoms with Gasteiger partial charge in [0.05, 0.1) is 0 Å². The Hall–Kier alpha value is -1.07. The number of hydrogen-bond donors (Lipinski definition) is 1. The molecule has 0 unspecified atom stereocenters. The number of carbonyl (C=O) groups excluding carboxylic acids is 1. The SMILES string of the molecule is CN/C(C)=C\C(=O)C(F)(F)C(F)F. The zero-order valence-electron chi connectivity index (χ0n) is 7.07. The minimum absolute atomic E-state index is 0.102. The van der Waals surface area contributed by atoms with Crippen molar-refractivity contribution >= 4 is 5.78 Å². The predicted octanol–water partition coefficient (Wildman–Crippen LogP) is 1.58. The summed E-state index contributed by atoms with van der Waals surface area (Å²) in [7, 11) is 1.39. The van der Waals surface area contributed by atoms with Gasteiger partial charge in [0.25, 0.3) is 0 Å². The molecule has 0 rings (SSSR count). The molecule has 0 aromatic carbocycles. The largest absolute Gasteiger partial charge is 0.392 e. The van der Waals surface area contributed by atoms with E-state index in [1.54, 1.807) is 0 Å². The molecule has 13 heavy (non-hydrogen) atoms. The molecule has 2 nitrogen and oxygen atoms in total. The molecule has 76 valence electrons. The van der Waals surface area contributed by atoms with Crippen LogP contribution in [0.1, 0.15) is 6.92 Å². The van der Waals surface area contributed by atoms with Crippen molar-refractivity contribution in [3.8, 4) is 0 Å². The van der Waals surface area contributed by atoms with Crippen LogP contribution in [0.15, 0.2) is 11.8 Å². The fourth-order valence-corrected chi connectivity index (χ4v) is 0.473. The lowest BCUT2D eigenvalue weighted by molar-refractivity contribution is -0.161. The van der Waals surface area contributed by atoms with Crippen LogP contribution in [0.4, 0.5) is 17.6 Å². The summed E-state index contributed by atoms with van der Waals surface area (Å²) in [6.07, 6.45) is -3.52. The van der Waals surface area contributed by atoms with E-state index in [-0.39, 0.29) is 5.70 Å². The molecule has 0 aliphatic carbocycles. The van der Waals surface area contributed by atoms with E-state index in [2.05, 4.69) is 5.32 Å². The standard InChI is InChI=1S/C7H9F4NO/c1-4(12-2)3-5(13)7(10,11)6(8)9/h3,6,12H,1-2H3/b4-3-. The van der Waals surface area contributed by atoms with Crippen molar-refractivity contribution in [1.29, 1.82) is 0 Å². The number of nitrogens with one attached hydrogen (secondary N) is 1. The van der Waals surface area contributed by atoms with Gasteiger partial charge in [-0.3, -0.25) is 4.79 Å². The first-order chi connectivity index (χ1) is 5.82. The number of rotatable bonds is 4. The highest BCUT2D eigenvalue weighted by Crippen LogP contribution is 2.24. The fraction of sp³-hybridized carbons (Fsp3) is 0.571. The Morgan fingerprint density at radius 3 is 2.23 bits per heavy atom. The van der Waals surface area contributed by atoms with Gasteiger partial charge in [0.1, 0.15) is 0 Å². The molecule has 0 spiro atoms. The summed E-state index contributed by atoms with van der Waals surface area (Å²) >= 11 is 0. The first kappa shape index (κ1) is 11.9. The van der Waals surface area contributed by atoms with Crippen LogP contribution in [-0.2, 0) is 4.79 Å². The van der Waals surface area contributed by atoms with Crippen LogP contribution in [0.25, 0.3) is 0 Å². The van der Waals surface area contributed by atoms with Gasteiger partial charge in [0, 0.05) is 18.8 Å². The second-order valence-electron chi connectivity index (χ2n) is 2.37. The van der Waals surface area contributed by atoms with Crippen LogP contribution >= 0.6 is 0 Å². The number of carbonyl (C=O) groups is 1. The normalized spacial score (nSPS) is 13.3. The van der Waals surface area contributed by atoms with Crippen molar-refractivity contribution < 1.29 is 22.4 Å². The Kier molecular flexibility index (Phi) is 3.90. The number of allylic oxidation sites excluding steroid dienone is 2. The van der Waals surface area contributed by atoms with Crippen molar-refractivity contribution in [1.82, 2.24) is 5.32 Å². The summed E-state index contributed by atoms with van der Waals surface area (Å²) in [4.78, 5) is 10.5. The summed E-state index contributed by atoms with van der Waals surface area (Å²) in [6, 6.07) is 0. The quantitative estimate of drug-likeness (QED) is 0.550. The molecule has 1 N–H and O–H groups in total. The number of halogens is 4. The third-order valence-electron chi connectivity index (χ3n) is 1.34. The van der Waals surface area contributed by atoms with Crippen LogP contribution in [-0.4, -0.2) is 25.2 Å². The summed E-state index contributed by atoms with van der Waals surface area (Å²) < 4.78 is 47.7. The molecule has 0 fully saturated rings. The van der Waals surface area contributed by atoms with Gasteiger partial charge in [-0.15, -0.1) is 0 Å². The molecule has 0 aromatic rings. The maximum atomic E-state index is 12.3. The van der Waals surface area contributed by atoms with Gasteiger partial charge in [-0.2, -0.15) is 8.78 Å². The van der Waals surface area contributed by atoms with Crippen LogP contribution in [0, 0.1) is 0 Å². The van der Waals surface area contributed by atoms with Gasteiger partial charge in [0.2, 0.25) is 5.78 Å². The minimum Gasteiger partial charge on any atom is -0.392 e. The fourth-order valence-electron chi connectivity index (χ4n) is 0.473. The zero-order valence-corrected chi connectivity index (χ0v) is 7.07. The summed E-state index contributed by atoms with van der Waals surface area (Å²) in [5.74, 6) is -6.49. The topological polar surface area (TPSA) is 29.1 Å². The molecule has 0 aliphatic heterocycles. The number of ketones is 1. The Bertz CT molecular complexity index is 225. The molecule has 0 aromatic heterocycles. The van der Waals surface area contributed by atoms with E-state index >= 15 is 0 Å². The lowest BCUT2D eigenvalue weighted by Crippen LogP contribution is -2.35. The molecule has 0 saturated heterocycles. The highest BCUT2D eigenvalue weighted by molar-refractivity contribution is 5.96. The molecule has 0 bridgehead atoms. The van der Waals surface area contributed by atoms with Gasteiger partial charge in [-0.05, 0) is 6.92 Å². The zero-order chi connectivity index (χ0) is 10.6. The summed E-state index contributed by atoms with van der Waals surface area (Å²) in [5.41, 5.74) is 0.102. The molecule has 0 atom stereocenters. The average Bonchev–Trinajstić information content (AvgIpc) is 2.03. The van der Waals surface area contributed by atoms with Gasteiger partial charge in [-0.25, -0.2) is 8.78 Å². The van der Waals surface area contributed by atoms with Crippen molar-refractivity contribution in [2.75, 3.05) is 7.05 Å². The van der Waals surface area contributed by atoms with Crippen molar-refractivity contribution in [3.05, 3.63) is 11.8 Å². The first-order valence-electron chi connectivity index (χ1n) is 3.38. The maximum Gasteiger partial charge on any atom is 0.368 e. The molecule has 0 aliphatic rings. The van der Waals surface area contributed by atoms with E-state index in [9.17, 15) is 22.4 Å². The van der Waals surface area contributed by atoms with Gasteiger partial charge < -0.3 is 5.32 Å². The van der Waals surface area contributed by atoms with Gasteiger partial charge >= 0.3 is 12.3 Å². The van der Waals surface area contributed by atoms with Crippen LogP contribution < -0.4 is 5.32 Å². The van der Waals surface area contributed by atoms with Crippen molar-refractivity contribution in [3.63, 3.8) is 0 Å². The third kappa shape index (κ3) is 3.04. The van der Waals surface area contributed by atoms with Crippen LogP contribution in [0.2, 0.25) is 0 Å². The number of alkyl halides is 4. The summed E-state index contributed by atoms with van der Waals surface area (Å²) in [6.45, 7) is 1.32. The van der Waals surface area contributed by atoms with E-state index in [0.717, 1.165) is 0 Å². The lowest BCUT2D eigenvalue weighted by Gasteiger charge is -2.11. The monoisotopic (exact) mass is 199 g/mol. The number of hydrogen-bond acceptors (Lipinski definition) is 2. The highest BCUT2D eigenvalue weighted by Gasteiger charge is 2.47. The average molecular weight is 199 g/mol. The molecular weight excluding hydrogens is 190 g/mol. The molecule has 0 radical (unpaired) electrons. The Morgan fingerprint density at radius 2 is 1.92 bits per heavy atom. The van der Waals surface area contributed by atoms with Crippen LogP contribution in [0.5, 0.6) is 0 Å². The predicted molar refractivity (Wildman–Crippen MR) is 38.8 cm³/mol. The smallest absolute Gasteiger partial charge is 0.368 e. The molecule has 0 amide bonds. The van der Waals surface area contributed by atoms with E-state index in [4.69, 9.17) is 0 Å². The second kappa shape index (κ2) is 4.25. The van der Waals surface area contributed by atoms with E-state index in [0.29, 0.717) is 6.08 Å². The molecule has 6 heteroatoms. The molecule has 0 heterocycles. The summed E-state index contributed by atoms with van der Waals surface area (Å²) in [5, 5.41) is 2.37. The van der Waals surface area contributed by atoms with Gasteiger partial charge in [-0.1, -0.05) is 0 Å². The minimum atomic E-state index is -4.60. The van der Waals surface area contributed by atoms with Gasteiger partial charge in [0.15, 0.2) is 0 Å². The second-order valence-corrected chi connectivity index (χ2v) is 2.37. The van der Waals surface area contributed by atoms with Crippen molar-refractivity contribution in [2.24, 2.45) is 0 Å². The highest BCUT2D eigenvalue weighted by atomic mass is 19.3.